The van der Waals surface area contributed by atoms with Crippen molar-refractivity contribution in [2.75, 3.05) is 4.90 Å². The summed E-state index contributed by atoms with van der Waals surface area (Å²) in [6.45, 7) is 0. The van der Waals surface area contributed by atoms with E-state index >= 15 is 0 Å². The highest BCUT2D eigenvalue weighted by molar-refractivity contribution is 6.21. The van der Waals surface area contributed by atoms with E-state index in [4.69, 9.17) is 4.42 Å². The lowest BCUT2D eigenvalue weighted by atomic mass is 9.93. The fraction of sp³-hybridized carbons (Fsp3) is 0. The van der Waals surface area contributed by atoms with Crippen molar-refractivity contribution in [3.8, 4) is 22.3 Å². The lowest BCUT2D eigenvalue weighted by Crippen LogP contribution is -2.10. The summed E-state index contributed by atoms with van der Waals surface area (Å²) in [6, 6.07) is 67.5. The average Bonchev–Trinajstić information content (AvgIpc) is 3.59. The number of benzene rings is 9. The van der Waals surface area contributed by atoms with Gasteiger partial charge in [0.1, 0.15) is 5.58 Å². The second kappa shape index (κ2) is 11.5. The molecule has 0 unspecified atom stereocenters. The molecular weight excluding hydrogens is 607 g/mol. The molecule has 0 aliphatic heterocycles. The Hall–Kier alpha value is -6.64. The van der Waals surface area contributed by atoms with Crippen LogP contribution in [0.5, 0.6) is 0 Å². The molecule has 10 aromatic rings. The van der Waals surface area contributed by atoms with E-state index in [9.17, 15) is 0 Å². The number of para-hydroxylation sites is 1. The van der Waals surface area contributed by atoms with E-state index in [1.54, 1.807) is 0 Å². The molecule has 0 bridgehead atoms. The zero-order valence-corrected chi connectivity index (χ0v) is 27.3. The highest BCUT2D eigenvalue weighted by Crippen LogP contribution is 2.46. The number of furan rings is 1. The van der Waals surface area contributed by atoms with Crippen molar-refractivity contribution in [2.45, 2.75) is 0 Å². The van der Waals surface area contributed by atoms with E-state index in [2.05, 4.69) is 193 Å². The van der Waals surface area contributed by atoms with Crippen molar-refractivity contribution >= 4 is 71.3 Å². The van der Waals surface area contributed by atoms with E-state index < -0.39 is 0 Å². The molecule has 0 atom stereocenters. The van der Waals surface area contributed by atoms with Crippen molar-refractivity contribution in [1.29, 1.82) is 0 Å². The zero-order valence-electron chi connectivity index (χ0n) is 27.3. The molecule has 0 N–H and O–H groups in total. The Morgan fingerprint density at radius 2 is 0.920 bits per heavy atom. The monoisotopic (exact) mass is 637 g/mol. The fourth-order valence-corrected chi connectivity index (χ4v) is 7.68. The van der Waals surface area contributed by atoms with Gasteiger partial charge in [-0.05, 0) is 91.0 Å². The number of hydrogen-bond donors (Lipinski definition) is 0. The predicted molar refractivity (Wildman–Crippen MR) is 212 cm³/mol. The SMILES string of the molecule is c1ccc(-c2ccc(N(c3ccc4ccc5ccccc5c4c3)c3cccc4c3oc3ccc5ccccc5c34)cc2-c2ccccc2)cc1. The Labute approximate surface area is 290 Å². The van der Waals surface area contributed by atoms with Crippen molar-refractivity contribution in [3.63, 3.8) is 0 Å². The molecule has 10 rings (SSSR count). The van der Waals surface area contributed by atoms with E-state index in [1.807, 2.05) is 0 Å². The van der Waals surface area contributed by atoms with Crippen LogP contribution in [-0.4, -0.2) is 0 Å². The first-order chi connectivity index (χ1) is 24.8. The second-order valence-electron chi connectivity index (χ2n) is 12.9. The Bertz CT molecular complexity index is 2870. The van der Waals surface area contributed by atoms with Gasteiger partial charge in [-0.3, -0.25) is 0 Å². The molecule has 0 amide bonds. The van der Waals surface area contributed by atoms with Crippen molar-refractivity contribution in [1.82, 2.24) is 0 Å². The summed E-state index contributed by atoms with van der Waals surface area (Å²) < 4.78 is 6.84. The average molecular weight is 638 g/mol. The van der Waals surface area contributed by atoms with Crippen LogP contribution in [0.4, 0.5) is 17.1 Å². The van der Waals surface area contributed by atoms with Gasteiger partial charge in [0.05, 0.1) is 5.69 Å². The zero-order chi connectivity index (χ0) is 33.0. The number of fused-ring (bicyclic) bond motifs is 8. The van der Waals surface area contributed by atoms with Crippen LogP contribution in [0.1, 0.15) is 0 Å². The summed E-state index contributed by atoms with van der Waals surface area (Å²) in [5.41, 5.74) is 9.60. The van der Waals surface area contributed by atoms with Crippen molar-refractivity contribution in [2.24, 2.45) is 0 Å². The lowest BCUT2D eigenvalue weighted by Gasteiger charge is -2.27. The summed E-state index contributed by atoms with van der Waals surface area (Å²) in [4.78, 5) is 2.37. The third-order valence-corrected chi connectivity index (χ3v) is 10.0. The van der Waals surface area contributed by atoms with E-state index in [1.165, 1.54) is 54.6 Å². The molecule has 9 aromatic carbocycles. The molecule has 1 heterocycles. The minimum atomic E-state index is 0.866. The molecule has 0 radical (unpaired) electrons. The van der Waals surface area contributed by atoms with Crippen LogP contribution in [0.2, 0.25) is 0 Å². The number of rotatable bonds is 5. The Morgan fingerprint density at radius 1 is 0.360 bits per heavy atom. The summed E-state index contributed by atoms with van der Waals surface area (Å²) >= 11 is 0. The topological polar surface area (TPSA) is 16.4 Å². The molecule has 0 saturated carbocycles. The number of nitrogens with zero attached hydrogens (tertiary/aromatic N) is 1. The molecule has 0 spiro atoms. The molecule has 2 nitrogen and oxygen atoms in total. The minimum Gasteiger partial charge on any atom is -0.454 e. The number of anilines is 3. The lowest BCUT2D eigenvalue weighted by molar-refractivity contribution is 0.669. The van der Waals surface area contributed by atoms with Gasteiger partial charge < -0.3 is 9.32 Å². The molecular formula is C48H31NO. The standard InChI is InChI=1S/C48H31NO/c1-3-12-32(13-4-1)40-28-27-38(31-43(40)33-14-5-2-6-15-33)49(37-26-24-36-23-22-34-16-7-9-18-39(34)44(36)30-37)45-21-11-20-42-47-41-19-10-8-17-35(41)25-29-46(47)50-48(42)45/h1-31H. The third-order valence-electron chi connectivity index (χ3n) is 10.0. The quantitative estimate of drug-likeness (QED) is 0.175. The van der Waals surface area contributed by atoms with Gasteiger partial charge in [-0.25, -0.2) is 0 Å². The summed E-state index contributed by atoms with van der Waals surface area (Å²) in [6.07, 6.45) is 0. The third kappa shape index (κ3) is 4.57. The Balaban J connectivity index is 1.28. The molecule has 0 aliphatic carbocycles. The Kier molecular flexibility index (Phi) is 6.53. The maximum Gasteiger partial charge on any atom is 0.159 e. The van der Waals surface area contributed by atoms with Gasteiger partial charge in [-0.2, -0.15) is 0 Å². The van der Waals surface area contributed by atoms with Crippen LogP contribution in [0.25, 0.3) is 76.5 Å². The van der Waals surface area contributed by atoms with Crippen molar-refractivity contribution < 1.29 is 4.42 Å². The van der Waals surface area contributed by atoms with Gasteiger partial charge in [0, 0.05) is 22.1 Å². The second-order valence-corrected chi connectivity index (χ2v) is 12.9. The van der Waals surface area contributed by atoms with Crippen LogP contribution in [0, 0.1) is 0 Å². The summed E-state index contributed by atoms with van der Waals surface area (Å²) in [5.74, 6) is 0. The van der Waals surface area contributed by atoms with Crippen LogP contribution in [-0.2, 0) is 0 Å². The van der Waals surface area contributed by atoms with Gasteiger partial charge in [0.2, 0.25) is 0 Å². The molecule has 50 heavy (non-hydrogen) atoms. The van der Waals surface area contributed by atoms with E-state index in [0.717, 1.165) is 39.0 Å². The van der Waals surface area contributed by atoms with Crippen LogP contribution in [0.15, 0.2) is 192 Å². The first-order valence-corrected chi connectivity index (χ1v) is 17.1. The van der Waals surface area contributed by atoms with E-state index in [0.29, 0.717) is 0 Å². The summed E-state index contributed by atoms with van der Waals surface area (Å²) in [5, 5.41) is 9.56. The molecule has 0 fully saturated rings. The van der Waals surface area contributed by atoms with Gasteiger partial charge >= 0.3 is 0 Å². The maximum absolute atomic E-state index is 6.84. The highest BCUT2D eigenvalue weighted by Gasteiger charge is 2.22. The van der Waals surface area contributed by atoms with Gasteiger partial charge in [-0.1, -0.05) is 152 Å². The smallest absolute Gasteiger partial charge is 0.159 e. The molecule has 0 saturated heterocycles. The van der Waals surface area contributed by atoms with Gasteiger partial charge in [0.25, 0.3) is 0 Å². The highest BCUT2D eigenvalue weighted by atomic mass is 16.3. The minimum absolute atomic E-state index is 0.866. The summed E-state index contributed by atoms with van der Waals surface area (Å²) in [7, 11) is 0. The van der Waals surface area contributed by atoms with Crippen LogP contribution >= 0.6 is 0 Å². The predicted octanol–water partition coefficient (Wildman–Crippen LogP) is 13.8. The molecule has 1 aromatic heterocycles. The van der Waals surface area contributed by atoms with Gasteiger partial charge in [0.15, 0.2) is 5.58 Å². The largest absolute Gasteiger partial charge is 0.454 e. The number of hydrogen-bond acceptors (Lipinski definition) is 2. The Morgan fingerprint density at radius 3 is 1.70 bits per heavy atom. The van der Waals surface area contributed by atoms with Crippen molar-refractivity contribution in [3.05, 3.63) is 188 Å². The fourth-order valence-electron chi connectivity index (χ4n) is 7.68. The normalized spacial score (nSPS) is 11.6. The molecule has 2 heteroatoms. The first kappa shape index (κ1) is 28.4. The van der Waals surface area contributed by atoms with Crippen LogP contribution < -0.4 is 4.90 Å². The molecule has 234 valence electrons. The van der Waals surface area contributed by atoms with E-state index in [-0.39, 0.29) is 0 Å². The maximum atomic E-state index is 6.84. The van der Waals surface area contributed by atoms with Crippen LogP contribution in [0.3, 0.4) is 0 Å². The molecule has 0 aliphatic rings. The first-order valence-electron chi connectivity index (χ1n) is 17.1. The van der Waals surface area contributed by atoms with Gasteiger partial charge in [-0.15, -0.1) is 0 Å².